The third-order valence-electron chi connectivity index (χ3n) is 4.55. The minimum Gasteiger partial charge on any atom is -0.497 e. The van der Waals surface area contributed by atoms with Crippen molar-refractivity contribution in [2.24, 2.45) is 0 Å². The minimum absolute atomic E-state index is 0.0889. The quantitative estimate of drug-likeness (QED) is 0.825. The maximum absolute atomic E-state index is 12.5. The number of benzene rings is 2. The SMILES string of the molecule is COc1ccc(S(=O)(=O)NC2CCN(C(=O)c3cccc(Cl)c3)CC2)cc1. The van der Waals surface area contributed by atoms with Gasteiger partial charge in [-0.3, -0.25) is 4.79 Å². The van der Waals surface area contributed by atoms with Gasteiger partial charge in [-0.05, 0) is 55.3 Å². The zero-order valence-electron chi connectivity index (χ0n) is 14.9. The molecule has 1 amide bonds. The first kappa shape index (κ1) is 19.7. The maximum atomic E-state index is 12.5. The second kappa shape index (κ2) is 8.29. The number of piperidine rings is 1. The van der Waals surface area contributed by atoms with Crippen molar-refractivity contribution in [1.29, 1.82) is 0 Å². The van der Waals surface area contributed by atoms with Crippen LogP contribution in [0.15, 0.2) is 53.4 Å². The van der Waals surface area contributed by atoms with Crippen molar-refractivity contribution in [3.63, 3.8) is 0 Å². The third-order valence-corrected chi connectivity index (χ3v) is 6.32. The molecule has 0 bridgehead atoms. The molecule has 1 aliphatic heterocycles. The highest BCUT2D eigenvalue weighted by Gasteiger charge is 2.27. The van der Waals surface area contributed by atoms with E-state index in [9.17, 15) is 13.2 Å². The van der Waals surface area contributed by atoms with Crippen LogP contribution in [0.5, 0.6) is 5.75 Å². The average molecular weight is 409 g/mol. The van der Waals surface area contributed by atoms with E-state index in [2.05, 4.69) is 4.72 Å². The van der Waals surface area contributed by atoms with E-state index in [1.807, 2.05) is 0 Å². The summed E-state index contributed by atoms with van der Waals surface area (Å²) in [6, 6.07) is 12.9. The largest absolute Gasteiger partial charge is 0.497 e. The third kappa shape index (κ3) is 4.80. The van der Waals surface area contributed by atoms with E-state index in [0.717, 1.165) is 0 Å². The Morgan fingerprint density at radius 2 is 1.81 bits per heavy atom. The van der Waals surface area contributed by atoms with Crippen LogP contribution in [0.3, 0.4) is 0 Å². The van der Waals surface area contributed by atoms with Crippen molar-refractivity contribution in [3.8, 4) is 5.75 Å². The molecule has 1 aliphatic rings. The average Bonchev–Trinajstić information content (AvgIpc) is 2.68. The second-order valence-electron chi connectivity index (χ2n) is 6.37. The number of hydrogen-bond donors (Lipinski definition) is 1. The number of sulfonamides is 1. The Morgan fingerprint density at radius 1 is 1.15 bits per heavy atom. The number of amides is 1. The molecule has 1 saturated heterocycles. The molecule has 0 radical (unpaired) electrons. The van der Waals surface area contributed by atoms with Gasteiger partial charge in [0.15, 0.2) is 0 Å². The fraction of sp³-hybridized carbons (Fsp3) is 0.316. The van der Waals surface area contributed by atoms with E-state index < -0.39 is 10.0 Å². The number of rotatable bonds is 5. The van der Waals surface area contributed by atoms with Crippen LogP contribution in [0.2, 0.25) is 5.02 Å². The van der Waals surface area contributed by atoms with Gasteiger partial charge in [0, 0.05) is 29.7 Å². The van der Waals surface area contributed by atoms with Crippen molar-refractivity contribution in [2.45, 2.75) is 23.8 Å². The van der Waals surface area contributed by atoms with Crippen LogP contribution in [0.4, 0.5) is 0 Å². The summed E-state index contributed by atoms with van der Waals surface area (Å²) in [5, 5.41) is 0.517. The van der Waals surface area contributed by atoms with Crippen molar-refractivity contribution in [2.75, 3.05) is 20.2 Å². The van der Waals surface area contributed by atoms with Crippen LogP contribution in [-0.2, 0) is 10.0 Å². The highest BCUT2D eigenvalue weighted by molar-refractivity contribution is 7.89. The summed E-state index contributed by atoms with van der Waals surface area (Å²) < 4.78 is 32.8. The lowest BCUT2D eigenvalue weighted by molar-refractivity contribution is 0.0711. The fourth-order valence-corrected chi connectivity index (χ4v) is 4.54. The fourth-order valence-electron chi connectivity index (χ4n) is 3.05. The molecular weight excluding hydrogens is 388 g/mol. The number of ether oxygens (including phenoxy) is 1. The number of halogens is 1. The Labute approximate surface area is 164 Å². The topological polar surface area (TPSA) is 75.7 Å². The summed E-state index contributed by atoms with van der Waals surface area (Å²) >= 11 is 5.95. The summed E-state index contributed by atoms with van der Waals surface area (Å²) in [6.45, 7) is 0.974. The zero-order valence-corrected chi connectivity index (χ0v) is 16.5. The lowest BCUT2D eigenvalue weighted by Gasteiger charge is -2.32. The molecule has 3 rings (SSSR count). The Bertz CT molecular complexity index is 908. The molecular formula is C19H21ClN2O4S. The Hall–Kier alpha value is -2.09. The molecule has 0 saturated carbocycles. The van der Waals surface area contributed by atoms with Gasteiger partial charge in [-0.2, -0.15) is 0 Å². The molecule has 1 fully saturated rings. The van der Waals surface area contributed by atoms with Crippen molar-refractivity contribution < 1.29 is 17.9 Å². The molecule has 0 aromatic heterocycles. The van der Waals surface area contributed by atoms with Gasteiger partial charge in [0.05, 0.1) is 12.0 Å². The number of hydrogen-bond acceptors (Lipinski definition) is 4. The van der Waals surface area contributed by atoms with Crippen molar-refractivity contribution in [3.05, 3.63) is 59.1 Å². The highest BCUT2D eigenvalue weighted by atomic mass is 35.5. The summed E-state index contributed by atoms with van der Waals surface area (Å²) in [6.07, 6.45) is 1.11. The first-order chi connectivity index (χ1) is 12.9. The lowest BCUT2D eigenvalue weighted by Crippen LogP contribution is -2.46. The van der Waals surface area contributed by atoms with Crippen LogP contribution in [0.1, 0.15) is 23.2 Å². The normalized spacial score (nSPS) is 15.6. The summed E-state index contributed by atoms with van der Waals surface area (Å²) in [5.74, 6) is 0.510. The van der Waals surface area contributed by atoms with Gasteiger partial charge in [-0.15, -0.1) is 0 Å². The molecule has 8 heteroatoms. The molecule has 0 spiro atoms. The van der Waals surface area contributed by atoms with E-state index in [0.29, 0.717) is 42.3 Å². The molecule has 2 aromatic carbocycles. The van der Waals surface area contributed by atoms with Crippen LogP contribution in [-0.4, -0.2) is 45.5 Å². The monoisotopic (exact) mass is 408 g/mol. The Morgan fingerprint density at radius 3 is 2.41 bits per heavy atom. The molecule has 2 aromatic rings. The predicted octanol–water partition coefficient (Wildman–Crippen LogP) is 2.93. The van der Waals surface area contributed by atoms with Crippen LogP contribution >= 0.6 is 11.6 Å². The van der Waals surface area contributed by atoms with E-state index >= 15 is 0 Å². The van der Waals surface area contributed by atoms with Crippen molar-refractivity contribution >= 4 is 27.5 Å². The summed E-state index contributed by atoms with van der Waals surface area (Å²) in [4.78, 5) is 14.5. The standard InChI is InChI=1S/C19H21ClN2O4S/c1-26-17-5-7-18(8-6-17)27(24,25)21-16-9-11-22(12-10-16)19(23)14-3-2-4-15(20)13-14/h2-8,13,16,21H,9-12H2,1H3. The number of methoxy groups -OCH3 is 1. The molecule has 27 heavy (non-hydrogen) atoms. The van der Waals surface area contributed by atoms with Gasteiger partial charge in [0.2, 0.25) is 10.0 Å². The smallest absolute Gasteiger partial charge is 0.253 e. The molecule has 1 N–H and O–H groups in total. The molecule has 1 heterocycles. The van der Waals surface area contributed by atoms with E-state index in [4.69, 9.17) is 16.3 Å². The first-order valence-corrected chi connectivity index (χ1v) is 10.5. The maximum Gasteiger partial charge on any atom is 0.253 e. The molecule has 0 unspecified atom stereocenters. The van der Waals surface area contributed by atoms with E-state index in [1.165, 1.54) is 19.2 Å². The molecule has 6 nitrogen and oxygen atoms in total. The number of carbonyl (C=O) groups excluding carboxylic acids is 1. The zero-order chi connectivity index (χ0) is 19.4. The highest BCUT2D eigenvalue weighted by Crippen LogP contribution is 2.20. The van der Waals surface area contributed by atoms with Crippen LogP contribution < -0.4 is 9.46 Å². The second-order valence-corrected chi connectivity index (χ2v) is 8.52. The number of nitrogens with zero attached hydrogens (tertiary/aromatic N) is 1. The number of nitrogens with one attached hydrogen (secondary N) is 1. The van der Waals surface area contributed by atoms with Gasteiger partial charge in [-0.1, -0.05) is 17.7 Å². The lowest BCUT2D eigenvalue weighted by atomic mass is 10.0. The molecule has 0 atom stereocenters. The van der Waals surface area contributed by atoms with Gasteiger partial charge < -0.3 is 9.64 Å². The van der Waals surface area contributed by atoms with Crippen LogP contribution in [0, 0.1) is 0 Å². The minimum atomic E-state index is -3.61. The van der Waals surface area contributed by atoms with Gasteiger partial charge in [-0.25, -0.2) is 13.1 Å². The van der Waals surface area contributed by atoms with Gasteiger partial charge in [0.25, 0.3) is 5.91 Å². The Balaban J connectivity index is 1.59. The van der Waals surface area contributed by atoms with Gasteiger partial charge in [0.1, 0.15) is 5.75 Å². The summed E-state index contributed by atoms with van der Waals surface area (Å²) in [5.41, 5.74) is 0.541. The van der Waals surface area contributed by atoms with E-state index in [-0.39, 0.29) is 16.8 Å². The number of carbonyl (C=O) groups is 1. The predicted molar refractivity (Wildman–Crippen MR) is 104 cm³/mol. The first-order valence-electron chi connectivity index (χ1n) is 8.60. The van der Waals surface area contributed by atoms with Crippen molar-refractivity contribution in [1.82, 2.24) is 9.62 Å². The summed E-state index contributed by atoms with van der Waals surface area (Å²) in [7, 11) is -2.08. The number of likely N-dealkylation sites (tertiary alicyclic amines) is 1. The van der Waals surface area contributed by atoms with Gasteiger partial charge >= 0.3 is 0 Å². The molecule has 0 aliphatic carbocycles. The Kier molecular flexibility index (Phi) is 6.04. The molecule has 144 valence electrons. The van der Waals surface area contributed by atoms with Crippen LogP contribution in [0.25, 0.3) is 0 Å². The van der Waals surface area contributed by atoms with E-state index in [1.54, 1.807) is 41.3 Å².